The number of fused-ring (bicyclic) bond motifs is 2. The zero-order valence-corrected chi connectivity index (χ0v) is 17.8. The molecule has 4 aromatic rings. The van der Waals surface area contributed by atoms with Gasteiger partial charge < -0.3 is 19.5 Å². The monoisotopic (exact) mass is 441 g/mol. The Morgan fingerprint density at radius 3 is 2.70 bits per heavy atom. The molecule has 0 bridgehead atoms. The van der Waals surface area contributed by atoms with E-state index < -0.39 is 11.7 Å². The molecule has 1 saturated heterocycles. The van der Waals surface area contributed by atoms with E-state index in [1.165, 1.54) is 24.4 Å². The largest absolute Gasteiger partial charge is 0.494 e. The number of amides is 1. The molecule has 0 radical (unpaired) electrons. The smallest absolute Gasteiger partial charge is 0.295 e. The van der Waals surface area contributed by atoms with Gasteiger partial charge in [-0.25, -0.2) is 4.98 Å². The molecule has 0 aliphatic carbocycles. The van der Waals surface area contributed by atoms with E-state index in [0.29, 0.717) is 42.8 Å². The van der Waals surface area contributed by atoms with Gasteiger partial charge in [0, 0.05) is 43.1 Å². The molecule has 1 aromatic carbocycles. The maximum Gasteiger partial charge on any atom is 0.295 e. The highest BCUT2D eigenvalue weighted by Gasteiger charge is 2.30. The molecule has 33 heavy (non-hydrogen) atoms. The molecule has 1 N–H and O–H groups in total. The van der Waals surface area contributed by atoms with Crippen molar-refractivity contribution in [1.82, 2.24) is 25.1 Å². The molecular weight excluding hydrogens is 422 g/mol. The Labute approximate surface area is 188 Å². The number of methoxy groups -OCH3 is 1. The first-order valence-corrected chi connectivity index (χ1v) is 10.4. The topological polar surface area (TPSA) is 128 Å². The summed E-state index contributed by atoms with van der Waals surface area (Å²) < 4.78 is 5.31. The van der Waals surface area contributed by atoms with Gasteiger partial charge in [-0.2, -0.15) is 10.4 Å². The van der Waals surface area contributed by atoms with E-state index >= 15 is 0 Å². The number of H-pyrrole nitrogens is 1. The second-order valence-electron chi connectivity index (χ2n) is 7.60. The first-order valence-electron chi connectivity index (χ1n) is 10.4. The number of ether oxygens (including phenoxy) is 1. The van der Waals surface area contributed by atoms with Crippen LogP contribution in [0.4, 0.5) is 5.82 Å². The predicted octanol–water partition coefficient (Wildman–Crippen LogP) is 1.92. The second kappa shape index (κ2) is 8.20. The Balaban J connectivity index is 1.37. The molecule has 1 amide bonds. The van der Waals surface area contributed by atoms with Crippen LogP contribution in [0.15, 0.2) is 42.9 Å². The summed E-state index contributed by atoms with van der Waals surface area (Å²) in [5.41, 5.74) is 0.655. The zero-order valence-electron chi connectivity index (χ0n) is 17.8. The lowest BCUT2D eigenvalue weighted by Gasteiger charge is -2.35. The van der Waals surface area contributed by atoms with E-state index in [1.807, 2.05) is 30.3 Å². The number of anilines is 1. The van der Waals surface area contributed by atoms with Crippen LogP contribution in [0, 0.1) is 11.3 Å². The predicted molar refractivity (Wildman–Crippen MR) is 120 cm³/mol. The maximum atomic E-state index is 13.1. The number of aromatic nitrogens is 4. The first-order chi connectivity index (χ1) is 16.1. The van der Waals surface area contributed by atoms with Gasteiger partial charge in [0.2, 0.25) is 0 Å². The van der Waals surface area contributed by atoms with Crippen molar-refractivity contribution < 1.29 is 14.3 Å². The van der Waals surface area contributed by atoms with Crippen LogP contribution in [-0.2, 0) is 4.79 Å². The van der Waals surface area contributed by atoms with Crippen LogP contribution in [-0.4, -0.2) is 70.0 Å². The fourth-order valence-corrected chi connectivity index (χ4v) is 4.16. The van der Waals surface area contributed by atoms with Gasteiger partial charge in [0.25, 0.3) is 11.7 Å². The molecular formula is C23H19N7O3. The van der Waals surface area contributed by atoms with Crippen molar-refractivity contribution in [3.63, 3.8) is 0 Å². The van der Waals surface area contributed by atoms with Crippen molar-refractivity contribution in [1.29, 1.82) is 5.26 Å². The number of Topliss-reactive ketones (excluding diaryl/α,β-unsaturated/α-hetero) is 1. The number of carbonyl (C=O) groups excluding carboxylic acids is 2. The lowest BCUT2D eigenvalue weighted by Crippen LogP contribution is -2.51. The van der Waals surface area contributed by atoms with Crippen LogP contribution in [0.5, 0.6) is 5.75 Å². The van der Waals surface area contributed by atoms with Gasteiger partial charge in [-0.15, -0.1) is 5.10 Å². The molecule has 1 fully saturated rings. The molecule has 10 nitrogen and oxygen atoms in total. The third-order valence-corrected chi connectivity index (χ3v) is 5.86. The molecule has 0 atom stereocenters. The Hall–Kier alpha value is -4.52. The third kappa shape index (κ3) is 3.40. The Morgan fingerprint density at radius 2 is 1.94 bits per heavy atom. The molecule has 0 saturated carbocycles. The normalized spacial score (nSPS) is 13.8. The van der Waals surface area contributed by atoms with Crippen molar-refractivity contribution in [2.45, 2.75) is 0 Å². The van der Waals surface area contributed by atoms with E-state index in [-0.39, 0.29) is 11.3 Å². The molecule has 5 rings (SSSR count). The van der Waals surface area contributed by atoms with Gasteiger partial charge in [0.15, 0.2) is 11.5 Å². The molecule has 3 aromatic heterocycles. The summed E-state index contributed by atoms with van der Waals surface area (Å²) in [6, 6.07) is 9.86. The molecule has 10 heteroatoms. The summed E-state index contributed by atoms with van der Waals surface area (Å²) in [5.74, 6) is -0.171. The summed E-state index contributed by atoms with van der Waals surface area (Å²) in [6.45, 7) is 1.81. The van der Waals surface area contributed by atoms with E-state index in [1.54, 1.807) is 6.20 Å². The molecule has 1 aliphatic heterocycles. The number of ketones is 1. The SMILES string of the molecule is COc1cnc(C#N)c2[nH]cc(C(=O)C(=O)N3CCN(c4nncc5ccccc45)CC3)c12. The number of nitrogens with zero attached hydrogens (tertiary/aromatic N) is 6. The van der Waals surface area contributed by atoms with E-state index in [2.05, 4.69) is 25.1 Å². The number of nitriles is 1. The number of carbonyl (C=O) groups is 2. The number of piperazine rings is 1. The lowest BCUT2D eigenvalue weighted by atomic mass is 10.1. The molecule has 164 valence electrons. The third-order valence-electron chi connectivity index (χ3n) is 5.86. The minimum atomic E-state index is -0.659. The first kappa shape index (κ1) is 20.4. The highest BCUT2D eigenvalue weighted by Crippen LogP contribution is 2.30. The fraction of sp³-hybridized carbons (Fsp3) is 0.217. The molecule has 0 spiro atoms. The Morgan fingerprint density at radius 1 is 1.15 bits per heavy atom. The lowest BCUT2D eigenvalue weighted by molar-refractivity contribution is -0.126. The van der Waals surface area contributed by atoms with Crippen LogP contribution in [0.3, 0.4) is 0 Å². The van der Waals surface area contributed by atoms with Gasteiger partial charge >= 0.3 is 0 Å². The molecule has 0 unspecified atom stereocenters. The van der Waals surface area contributed by atoms with Crippen molar-refractivity contribution in [3.8, 4) is 11.8 Å². The van der Waals surface area contributed by atoms with Gasteiger partial charge in [-0.05, 0) is 0 Å². The quantitative estimate of drug-likeness (QED) is 0.376. The Bertz CT molecular complexity index is 1430. The minimum Gasteiger partial charge on any atom is -0.494 e. The summed E-state index contributed by atoms with van der Waals surface area (Å²) in [4.78, 5) is 36.7. The van der Waals surface area contributed by atoms with Crippen LogP contribution in [0.2, 0.25) is 0 Å². The summed E-state index contributed by atoms with van der Waals surface area (Å²) >= 11 is 0. The number of rotatable bonds is 4. The summed E-state index contributed by atoms with van der Waals surface area (Å²) in [7, 11) is 1.45. The molecule has 1 aliphatic rings. The van der Waals surface area contributed by atoms with Crippen LogP contribution in [0.1, 0.15) is 16.1 Å². The standard InChI is InChI=1S/C23H19N7O3/c1-33-18-13-25-17(10-24)20-19(18)16(12-26-20)21(31)23(32)30-8-6-29(7-9-30)22-15-5-3-2-4-14(15)11-27-28-22/h2-5,11-13,26H,6-9H2,1H3. The number of hydrogen-bond acceptors (Lipinski definition) is 8. The number of benzene rings is 1. The van der Waals surface area contributed by atoms with E-state index in [9.17, 15) is 14.9 Å². The number of nitrogens with one attached hydrogen (secondary N) is 1. The fourth-order valence-electron chi connectivity index (χ4n) is 4.16. The zero-order chi connectivity index (χ0) is 22.9. The number of aromatic amines is 1. The van der Waals surface area contributed by atoms with Gasteiger partial charge in [-0.1, -0.05) is 24.3 Å². The minimum absolute atomic E-state index is 0.127. The van der Waals surface area contributed by atoms with E-state index in [0.717, 1.165) is 16.6 Å². The van der Waals surface area contributed by atoms with Crippen molar-refractivity contribution in [3.05, 3.63) is 54.1 Å². The highest BCUT2D eigenvalue weighted by atomic mass is 16.5. The van der Waals surface area contributed by atoms with E-state index in [4.69, 9.17) is 4.74 Å². The van der Waals surface area contributed by atoms with Crippen molar-refractivity contribution in [2.24, 2.45) is 0 Å². The van der Waals surface area contributed by atoms with Crippen LogP contribution in [0.25, 0.3) is 21.7 Å². The maximum absolute atomic E-state index is 13.1. The van der Waals surface area contributed by atoms with Gasteiger partial charge in [0.1, 0.15) is 11.8 Å². The Kier molecular flexibility index (Phi) is 5.06. The second-order valence-corrected chi connectivity index (χ2v) is 7.60. The van der Waals surface area contributed by atoms with Crippen molar-refractivity contribution in [2.75, 3.05) is 38.2 Å². The van der Waals surface area contributed by atoms with Crippen LogP contribution < -0.4 is 9.64 Å². The summed E-state index contributed by atoms with van der Waals surface area (Å²) in [6.07, 6.45) is 4.53. The highest BCUT2D eigenvalue weighted by molar-refractivity contribution is 6.45. The number of pyridine rings is 1. The van der Waals surface area contributed by atoms with Gasteiger partial charge in [0.05, 0.1) is 36.0 Å². The van der Waals surface area contributed by atoms with Gasteiger partial charge in [-0.3, -0.25) is 9.59 Å². The molecule has 4 heterocycles. The number of hydrogen-bond donors (Lipinski definition) is 1. The summed E-state index contributed by atoms with van der Waals surface area (Å²) in [5, 5.41) is 20.1. The van der Waals surface area contributed by atoms with Crippen LogP contribution >= 0.6 is 0 Å². The average molecular weight is 441 g/mol. The van der Waals surface area contributed by atoms with Crippen molar-refractivity contribution >= 4 is 39.2 Å². The average Bonchev–Trinajstić information content (AvgIpc) is 3.32.